The lowest BCUT2D eigenvalue weighted by atomic mass is 10.1. The smallest absolute Gasteiger partial charge is 0.465 e. The average molecular weight is 482 g/mol. The fourth-order valence-corrected chi connectivity index (χ4v) is 2.80. The molecule has 11 nitrogen and oxygen atoms in total. The molecule has 34 heavy (non-hydrogen) atoms. The van der Waals surface area contributed by atoms with Crippen molar-refractivity contribution in [2.75, 3.05) is 30.4 Å². The van der Waals surface area contributed by atoms with Gasteiger partial charge in [-0.1, -0.05) is 24.3 Å². The third-order valence-corrected chi connectivity index (χ3v) is 4.34. The van der Waals surface area contributed by atoms with Crippen LogP contribution in [0.25, 0.3) is 0 Å². The molecule has 2 aromatic carbocycles. The molecule has 0 fully saturated rings. The summed E-state index contributed by atoms with van der Waals surface area (Å²) in [5.41, 5.74) is -1.70. The van der Waals surface area contributed by atoms with Gasteiger partial charge in [0.15, 0.2) is 0 Å². The Morgan fingerprint density at radius 1 is 1.06 bits per heavy atom. The van der Waals surface area contributed by atoms with Crippen molar-refractivity contribution < 1.29 is 37.3 Å². The van der Waals surface area contributed by atoms with Crippen molar-refractivity contribution in [3.63, 3.8) is 0 Å². The highest BCUT2D eigenvalue weighted by atomic mass is 19.4. The van der Waals surface area contributed by atoms with E-state index in [4.69, 9.17) is 0 Å². The molecule has 0 saturated heterocycles. The van der Waals surface area contributed by atoms with Crippen molar-refractivity contribution in [2.45, 2.75) is 6.18 Å². The lowest BCUT2D eigenvalue weighted by Gasteiger charge is -2.22. The lowest BCUT2D eigenvalue weighted by Crippen LogP contribution is -2.41. The molecule has 0 heterocycles. The topological polar surface area (TPSA) is 145 Å². The Balaban J connectivity index is 2.20. The first-order valence-corrected chi connectivity index (χ1v) is 9.35. The summed E-state index contributed by atoms with van der Waals surface area (Å²) in [7, 11) is 1.11. The van der Waals surface area contributed by atoms with Gasteiger partial charge in [-0.3, -0.25) is 29.9 Å². The largest absolute Gasteiger partial charge is 0.471 e. The normalized spacial score (nSPS) is 11.2. The van der Waals surface area contributed by atoms with Gasteiger partial charge < -0.3 is 10.1 Å². The third-order valence-electron chi connectivity index (χ3n) is 4.34. The molecule has 0 aromatic heterocycles. The van der Waals surface area contributed by atoms with Crippen molar-refractivity contribution in [2.24, 2.45) is 0 Å². The Morgan fingerprint density at radius 3 is 2.29 bits per heavy atom. The molecule has 0 spiro atoms. The van der Waals surface area contributed by atoms with Crippen LogP contribution in [-0.2, 0) is 9.53 Å². The number of methoxy groups -OCH3 is 1. The van der Waals surface area contributed by atoms with Crippen molar-refractivity contribution in [3.8, 4) is 0 Å². The number of nitrogens with zero attached hydrogens (tertiary/aromatic N) is 3. The number of nitro benzene ring substituents is 2. The van der Waals surface area contributed by atoms with Crippen molar-refractivity contribution >= 4 is 34.6 Å². The fraction of sp³-hybridized carbons (Fsp3) is 0.200. The van der Waals surface area contributed by atoms with E-state index in [1.165, 1.54) is 30.3 Å². The zero-order valence-corrected chi connectivity index (χ0v) is 17.4. The molecule has 180 valence electrons. The second-order valence-electron chi connectivity index (χ2n) is 6.49. The number of carbonyl (C=O) groups is 2. The molecule has 1 N–H and O–H groups in total. The van der Waals surface area contributed by atoms with Gasteiger partial charge in [0.1, 0.15) is 11.4 Å². The van der Waals surface area contributed by atoms with Gasteiger partial charge in [-0.2, -0.15) is 13.2 Å². The van der Waals surface area contributed by atoms with Gasteiger partial charge in [-0.25, -0.2) is 4.79 Å². The number of anilines is 2. The predicted octanol–water partition coefficient (Wildman–Crippen LogP) is 3.85. The molecule has 0 aliphatic carbocycles. The van der Waals surface area contributed by atoms with Gasteiger partial charge >= 0.3 is 18.1 Å². The summed E-state index contributed by atoms with van der Waals surface area (Å²) >= 11 is 0. The van der Waals surface area contributed by atoms with E-state index in [2.05, 4.69) is 10.1 Å². The van der Waals surface area contributed by atoms with Crippen LogP contribution in [-0.4, -0.2) is 48.1 Å². The third kappa shape index (κ3) is 6.27. The van der Waals surface area contributed by atoms with Gasteiger partial charge in [0, 0.05) is 25.2 Å². The first-order valence-electron chi connectivity index (χ1n) is 9.35. The minimum absolute atomic E-state index is 0.0178. The second-order valence-corrected chi connectivity index (χ2v) is 6.49. The van der Waals surface area contributed by atoms with Gasteiger partial charge in [-0.05, 0) is 18.2 Å². The zero-order valence-electron chi connectivity index (χ0n) is 17.4. The maximum atomic E-state index is 13.1. The predicted molar refractivity (Wildman–Crippen MR) is 114 cm³/mol. The van der Waals surface area contributed by atoms with Crippen molar-refractivity contribution in [1.29, 1.82) is 0 Å². The van der Waals surface area contributed by atoms with Crippen LogP contribution in [0.2, 0.25) is 0 Å². The monoisotopic (exact) mass is 482 g/mol. The maximum absolute atomic E-state index is 13.1. The van der Waals surface area contributed by atoms with Gasteiger partial charge in [0.25, 0.3) is 11.4 Å². The minimum Gasteiger partial charge on any atom is -0.465 e. The van der Waals surface area contributed by atoms with Gasteiger partial charge in [-0.15, -0.1) is 0 Å². The molecule has 14 heteroatoms. The van der Waals surface area contributed by atoms with Crippen LogP contribution in [0.1, 0.15) is 10.4 Å². The summed E-state index contributed by atoms with van der Waals surface area (Å²) in [6.07, 6.45) is -2.86. The first-order chi connectivity index (χ1) is 16.0. The van der Waals surface area contributed by atoms with E-state index in [0.717, 1.165) is 31.4 Å². The van der Waals surface area contributed by atoms with Crippen LogP contribution < -0.4 is 10.2 Å². The summed E-state index contributed by atoms with van der Waals surface area (Å²) in [5.74, 6) is -3.08. The Hall–Kier alpha value is -4.49. The van der Waals surface area contributed by atoms with Gasteiger partial charge in [0.2, 0.25) is 0 Å². The number of rotatable bonds is 9. The lowest BCUT2D eigenvalue weighted by molar-refractivity contribution is -0.384. The van der Waals surface area contributed by atoms with E-state index in [9.17, 15) is 43.0 Å². The first kappa shape index (κ1) is 25.8. The second kappa shape index (κ2) is 10.9. The number of hydrogen-bond donors (Lipinski definition) is 1. The number of carbonyl (C=O) groups excluding carboxylic acids is 2. The summed E-state index contributed by atoms with van der Waals surface area (Å²) in [4.78, 5) is 44.4. The Morgan fingerprint density at radius 2 is 1.71 bits per heavy atom. The van der Waals surface area contributed by atoms with E-state index in [1.54, 1.807) is 0 Å². The molecule has 1 amide bonds. The number of halogens is 3. The van der Waals surface area contributed by atoms with Gasteiger partial charge in [0.05, 0.1) is 22.5 Å². The molecule has 0 aliphatic heterocycles. The number of nitro groups is 2. The molecule has 0 atom stereocenters. The molecular formula is C20H17F3N4O7. The highest BCUT2D eigenvalue weighted by molar-refractivity contribution is 5.99. The van der Waals surface area contributed by atoms with E-state index in [0.29, 0.717) is 0 Å². The Labute approximate surface area is 189 Å². The summed E-state index contributed by atoms with van der Waals surface area (Å²) in [6, 6.07) is 8.01. The molecule has 2 rings (SSSR count). The fourth-order valence-electron chi connectivity index (χ4n) is 2.80. The summed E-state index contributed by atoms with van der Waals surface area (Å²) in [6.45, 7) is -0.766. The molecule has 2 aromatic rings. The summed E-state index contributed by atoms with van der Waals surface area (Å²) < 4.78 is 43.7. The Bertz CT molecular complexity index is 1140. The van der Waals surface area contributed by atoms with Crippen LogP contribution in [0.4, 0.5) is 35.9 Å². The number of ether oxygens (including phenoxy) is 1. The van der Waals surface area contributed by atoms with Crippen LogP contribution in [0.15, 0.2) is 54.6 Å². The number of para-hydroxylation sites is 2. The highest BCUT2D eigenvalue weighted by Crippen LogP contribution is 2.31. The maximum Gasteiger partial charge on any atom is 0.471 e. The molecule has 0 bridgehead atoms. The molecule has 0 radical (unpaired) electrons. The number of alkyl halides is 3. The number of benzene rings is 2. The molecular weight excluding hydrogens is 465 g/mol. The molecule has 0 unspecified atom stereocenters. The van der Waals surface area contributed by atoms with E-state index >= 15 is 0 Å². The Kier molecular flexibility index (Phi) is 8.25. The van der Waals surface area contributed by atoms with Crippen LogP contribution in [0.5, 0.6) is 0 Å². The standard InChI is InChI=1S/C20H17F3N4O7/c1-34-18(28)13-8-9-14(17(12-13)27(32)33)24-10-4-5-11-25(19(29)20(21,22)23)15-6-2-3-7-16(15)26(30)31/h2-9,12,24H,10-11H2,1H3/b5-4+. The average Bonchev–Trinajstić information content (AvgIpc) is 2.79. The highest BCUT2D eigenvalue weighted by Gasteiger charge is 2.44. The van der Waals surface area contributed by atoms with Crippen LogP contribution >= 0.6 is 0 Å². The number of amides is 1. The van der Waals surface area contributed by atoms with Crippen LogP contribution in [0.3, 0.4) is 0 Å². The SMILES string of the molecule is COC(=O)c1ccc(NC/C=C/CN(C(=O)C(F)(F)F)c2ccccc2[N+](=O)[O-])c([N+](=O)[O-])c1. The summed E-state index contributed by atoms with van der Waals surface area (Å²) in [5, 5.41) is 25.1. The number of nitrogens with one attached hydrogen (secondary N) is 1. The number of esters is 1. The quantitative estimate of drug-likeness (QED) is 0.246. The van der Waals surface area contributed by atoms with Crippen LogP contribution in [0, 0.1) is 20.2 Å². The van der Waals surface area contributed by atoms with E-state index in [1.807, 2.05) is 0 Å². The molecule has 0 saturated carbocycles. The van der Waals surface area contributed by atoms with E-state index in [-0.39, 0.29) is 22.7 Å². The molecule has 0 aliphatic rings. The number of hydrogen-bond acceptors (Lipinski definition) is 8. The minimum atomic E-state index is -5.28. The van der Waals surface area contributed by atoms with Crippen molar-refractivity contribution in [3.05, 3.63) is 80.4 Å². The van der Waals surface area contributed by atoms with E-state index < -0.39 is 51.5 Å². The zero-order chi connectivity index (χ0) is 25.5. The van der Waals surface area contributed by atoms with Crippen molar-refractivity contribution in [1.82, 2.24) is 0 Å².